The summed E-state index contributed by atoms with van der Waals surface area (Å²) in [6.07, 6.45) is 3.22. The Balaban J connectivity index is 0.00000144. The van der Waals surface area contributed by atoms with Gasteiger partial charge in [-0.3, -0.25) is 4.79 Å². The largest absolute Gasteiger partial charge is 0.335 e. The molecule has 0 spiro atoms. The second kappa shape index (κ2) is 6.17. The van der Waals surface area contributed by atoms with Crippen molar-refractivity contribution in [3.05, 3.63) is 35.6 Å². The first kappa shape index (κ1) is 15.8. The minimum absolute atomic E-state index is 0. The minimum atomic E-state index is -0.210. The number of fused-ring (bicyclic) bond motifs is 1. The van der Waals surface area contributed by atoms with Gasteiger partial charge < -0.3 is 10.2 Å². The first-order valence-electron chi connectivity index (χ1n) is 8.00. The molecule has 2 heterocycles. The molecular weight excluding hydrogens is 303 g/mol. The van der Waals surface area contributed by atoms with E-state index < -0.39 is 0 Å². The Morgan fingerprint density at radius 3 is 2.77 bits per heavy atom. The Bertz CT molecular complexity index is 563. The lowest BCUT2D eigenvalue weighted by Crippen LogP contribution is -2.40. The average molecular weight is 325 g/mol. The van der Waals surface area contributed by atoms with E-state index in [0.29, 0.717) is 17.7 Å². The van der Waals surface area contributed by atoms with E-state index in [9.17, 15) is 9.18 Å². The van der Waals surface area contributed by atoms with Gasteiger partial charge in [0.1, 0.15) is 5.82 Å². The first-order valence-corrected chi connectivity index (χ1v) is 8.00. The summed E-state index contributed by atoms with van der Waals surface area (Å²) in [4.78, 5) is 14.8. The number of nitrogens with zero attached hydrogens (tertiary/aromatic N) is 1. The number of nitrogens with one attached hydrogen (secondary N) is 1. The van der Waals surface area contributed by atoms with Crippen molar-refractivity contribution in [1.29, 1.82) is 0 Å². The van der Waals surface area contributed by atoms with Crippen LogP contribution < -0.4 is 5.32 Å². The molecule has 0 bridgehead atoms. The van der Waals surface area contributed by atoms with Gasteiger partial charge in [0, 0.05) is 31.5 Å². The summed E-state index contributed by atoms with van der Waals surface area (Å²) >= 11 is 0. The quantitative estimate of drug-likeness (QED) is 0.907. The van der Waals surface area contributed by atoms with Crippen LogP contribution in [0.4, 0.5) is 4.39 Å². The van der Waals surface area contributed by atoms with Crippen molar-refractivity contribution in [2.24, 2.45) is 17.8 Å². The highest BCUT2D eigenvalue weighted by atomic mass is 35.5. The molecule has 0 unspecified atom stereocenters. The molecule has 4 rings (SSSR count). The normalized spacial score (nSPS) is 30.6. The molecule has 3 aliphatic rings. The van der Waals surface area contributed by atoms with Crippen molar-refractivity contribution >= 4 is 18.3 Å². The third-order valence-electron chi connectivity index (χ3n) is 5.49. The average Bonchev–Trinajstić information content (AvgIpc) is 2.95. The van der Waals surface area contributed by atoms with Crippen LogP contribution in [-0.2, 0) is 4.79 Å². The highest BCUT2D eigenvalue weighted by Gasteiger charge is 2.48. The molecule has 2 saturated heterocycles. The van der Waals surface area contributed by atoms with Crippen molar-refractivity contribution < 1.29 is 9.18 Å². The molecule has 3 fully saturated rings. The molecule has 3 atom stereocenters. The van der Waals surface area contributed by atoms with Crippen molar-refractivity contribution in [2.45, 2.75) is 25.3 Å². The van der Waals surface area contributed by atoms with Crippen LogP contribution in [0.5, 0.6) is 0 Å². The molecule has 1 aromatic carbocycles. The lowest BCUT2D eigenvalue weighted by molar-refractivity contribution is -0.139. The predicted molar refractivity (Wildman–Crippen MR) is 85.3 cm³/mol. The fourth-order valence-corrected chi connectivity index (χ4v) is 4.15. The molecule has 1 N–H and O–H groups in total. The van der Waals surface area contributed by atoms with Gasteiger partial charge in [0.2, 0.25) is 5.91 Å². The Morgan fingerprint density at radius 1 is 1.27 bits per heavy atom. The van der Waals surface area contributed by atoms with Crippen LogP contribution in [-0.4, -0.2) is 30.4 Å². The zero-order valence-electron chi connectivity index (χ0n) is 12.5. The second-order valence-electron chi connectivity index (χ2n) is 6.70. The van der Waals surface area contributed by atoms with Crippen molar-refractivity contribution in [3.63, 3.8) is 0 Å². The number of hydrogen-bond acceptors (Lipinski definition) is 2. The Morgan fingerprint density at radius 2 is 2.09 bits per heavy atom. The van der Waals surface area contributed by atoms with Gasteiger partial charge in [0.15, 0.2) is 0 Å². The molecule has 1 amide bonds. The van der Waals surface area contributed by atoms with Crippen molar-refractivity contribution in [1.82, 2.24) is 10.2 Å². The van der Waals surface area contributed by atoms with E-state index in [4.69, 9.17) is 0 Å². The molecule has 5 heteroatoms. The van der Waals surface area contributed by atoms with E-state index in [1.807, 2.05) is 6.07 Å². The third-order valence-corrected chi connectivity index (χ3v) is 5.49. The lowest BCUT2D eigenvalue weighted by Gasteiger charge is -2.34. The van der Waals surface area contributed by atoms with E-state index in [1.54, 1.807) is 12.1 Å². The van der Waals surface area contributed by atoms with Gasteiger partial charge in [-0.15, -0.1) is 12.4 Å². The molecule has 2 aliphatic heterocycles. The molecule has 0 radical (unpaired) electrons. The smallest absolute Gasteiger partial charge is 0.226 e. The summed E-state index contributed by atoms with van der Waals surface area (Å²) in [5, 5.41) is 3.42. The maximum atomic E-state index is 13.6. The predicted octanol–water partition coefficient (Wildman–Crippen LogP) is 2.77. The number of carbonyl (C=O) groups is 1. The lowest BCUT2D eigenvalue weighted by atomic mass is 9.83. The number of likely N-dealkylation sites (tertiary alicyclic amines) is 1. The minimum Gasteiger partial charge on any atom is -0.335 e. The van der Waals surface area contributed by atoms with Gasteiger partial charge in [0.25, 0.3) is 0 Å². The summed E-state index contributed by atoms with van der Waals surface area (Å²) in [5.41, 5.74) is 0.957. The van der Waals surface area contributed by atoms with Crippen LogP contribution in [0.1, 0.15) is 30.9 Å². The maximum absolute atomic E-state index is 13.6. The van der Waals surface area contributed by atoms with Gasteiger partial charge in [-0.2, -0.15) is 0 Å². The van der Waals surface area contributed by atoms with E-state index in [0.717, 1.165) is 38.0 Å². The molecule has 22 heavy (non-hydrogen) atoms. The van der Waals surface area contributed by atoms with Crippen LogP contribution >= 0.6 is 12.4 Å². The molecule has 3 nitrogen and oxygen atoms in total. The van der Waals surface area contributed by atoms with E-state index >= 15 is 0 Å². The fraction of sp³-hybridized carbons (Fsp3) is 0.588. The summed E-state index contributed by atoms with van der Waals surface area (Å²) in [6.45, 7) is 2.74. The molecular formula is C17H22ClFN2O. The SMILES string of the molecule is Cl.O=C(C1CCC1)N1C[C@@H]2CNC[C@@H]2[C@H]1c1cccc(F)c1. The summed E-state index contributed by atoms with van der Waals surface area (Å²) in [5.74, 6) is 1.24. The number of benzene rings is 1. The Labute approximate surface area is 136 Å². The van der Waals surface area contributed by atoms with Crippen LogP contribution in [0.2, 0.25) is 0 Å². The van der Waals surface area contributed by atoms with Crippen LogP contribution in [0.15, 0.2) is 24.3 Å². The Kier molecular flexibility index (Phi) is 4.42. The van der Waals surface area contributed by atoms with Gasteiger partial charge >= 0.3 is 0 Å². The Hall–Kier alpha value is -1.13. The van der Waals surface area contributed by atoms with Crippen LogP contribution in [0, 0.1) is 23.6 Å². The van der Waals surface area contributed by atoms with Crippen molar-refractivity contribution in [2.75, 3.05) is 19.6 Å². The molecule has 1 aromatic rings. The monoisotopic (exact) mass is 324 g/mol. The third kappa shape index (κ3) is 2.52. The first-order chi connectivity index (χ1) is 10.2. The number of hydrogen-bond donors (Lipinski definition) is 1. The number of halogens is 2. The van der Waals surface area contributed by atoms with Gasteiger partial charge in [-0.05, 0) is 36.5 Å². The summed E-state index contributed by atoms with van der Waals surface area (Å²) in [7, 11) is 0. The van der Waals surface area contributed by atoms with E-state index in [1.165, 1.54) is 12.5 Å². The standard InChI is InChI=1S/C17H21FN2O.ClH/c18-14-6-2-5-12(7-14)16-15-9-19-8-13(15)10-20(16)17(21)11-3-1-4-11;/h2,5-7,11,13,15-16,19H,1,3-4,8-10H2;1H/t13-,15-,16+;/m0./s1. The molecule has 0 aromatic heterocycles. The van der Waals surface area contributed by atoms with Gasteiger partial charge in [0.05, 0.1) is 6.04 Å². The number of carbonyl (C=O) groups excluding carboxylic acids is 1. The van der Waals surface area contributed by atoms with E-state index in [2.05, 4.69) is 10.2 Å². The highest BCUT2D eigenvalue weighted by Crippen LogP contribution is 2.44. The summed E-state index contributed by atoms with van der Waals surface area (Å²) < 4.78 is 13.6. The van der Waals surface area contributed by atoms with Crippen LogP contribution in [0.3, 0.4) is 0 Å². The zero-order valence-corrected chi connectivity index (χ0v) is 13.3. The number of amides is 1. The molecule has 1 saturated carbocycles. The summed E-state index contributed by atoms with van der Waals surface area (Å²) in [6, 6.07) is 6.85. The van der Waals surface area contributed by atoms with Crippen LogP contribution in [0.25, 0.3) is 0 Å². The highest BCUT2D eigenvalue weighted by molar-refractivity contribution is 5.85. The van der Waals surface area contributed by atoms with E-state index in [-0.39, 0.29) is 30.2 Å². The second-order valence-corrected chi connectivity index (χ2v) is 6.70. The molecule has 1 aliphatic carbocycles. The fourth-order valence-electron chi connectivity index (χ4n) is 4.15. The number of rotatable bonds is 2. The van der Waals surface area contributed by atoms with Gasteiger partial charge in [-0.25, -0.2) is 4.39 Å². The maximum Gasteiger partial charge on any atom is 0.226 e. The van der Waals surface area contributed by atoms with Gasteiger partial charge in [-0.1, -0.05) is 18.6 Å². The topological polar surface area (TPSA) is 32.3 Å². The zero-order chi connectivity index (χ0) is 14.4. The molecule has 120 valence electrons. The van der Waals surface area contributed by atoms with Crippen molar-refractivity contribution in [3.8, 4) is 0 Å².